The van der Waals surface area contributed by atoms with Crippen LogP contribution in [-0.4, -0.2) is 168 Å². The van der Waals surface area contributed by atoms with Crippen LogP contribution in [0.5, 0.6) is 0 Å². The minimum absolute atomic E-state index is 0. The van der Waals surface area contributed by atoms with Crippen molar-refractivity contribution in [3.05, 3.63) is 12.7 Å². The average molecular weight is 1140 g/mol. The Morgan fingerprint density at radius 3 is 1.92 bits per heavy atom. The van der Waals surface area contributed by atoms with Crippen LogP contribution < -0.4 is 32.3 Å². The van der Waals surface area contributed by atoms with Crippen LogP contribution in [-0.2, 0) is 57.3 Å². The third-order valence-corrected chi connectivity index (χ3v) is 14.6. The van der Waals surface area contributed by atoms with Crippen molar-refractivity contribution in [2.75, 3.05) is 33.9 Å². The Bertz CT molecular complexity index is 2120. The molecule has 6 amide bonds. The lowest BCUT2D eigenvalue weighted by Gasteiger charge is -2.38. The highest BCUT2D eigenvalue weighted by molar-refractivity contribution is 6.38. The van der Waals surface area contributed by atoms with E-state index in [1.54, 1.807) is 27.7 Å². The Morgan fingerprint density at radius 2 is 1.43 bits per heavy atom. The molecule has 0 bridgehead atoms. The minimum Gasteiger partial charge on any atom is -0.468 e. The van der Waals surface area contributed by atoms with Gasteiger partial charge in [0.1, 0.15) is 35.3 Å². The third-order valence-electron chi connectivity index (χ3n) is 14.6. The smallest absolute Gasteiger partial charge is 0.408 e. The van der Waals surface area contributed by atoms with Crippen LogP contribution in [0.2, 0.25) is 0 Å². The number of fused-ring (bicyclic) bond motifs is 3. The Hall–Kier alpha value is -5.23. The van der Waals surface area contributed by atoms with E-state index in [1.165, 1.54) is 39.0 Å². The van der Waals surface area contributed by atoms with Crippen LogP contribution in [0.1, 0.15) is 148 Å². The van der Waals surface area contributed by atoms with Gasteiger partial charge in [-0.25, -0.2) is 14.4 Å². The van der Waals surface area contributed by atoms with E-state index >= 15 is 0 Å². The maximum Gasteiger partial charge on any atom is 0.408 e. The number of piperidine rings is 1. The van der Waals surface area contributed by atoms with Crippen LogP contribution in [0.15, 0.2) is 12.7 Å². The molecule has 2 aliphatic carbocycles. The molecule has 23 nitrogen and oxygen atoms in total. The van der Waals surface area contributed by atoms with Gasteiger partial charge < -0.3 is 66.4 Å². The van der Waals surface area contributed by atoms with Gasteiger partial charge in [0.25, 0.3) is 5.91 Å². The van der Waals surface area contributed by atoms with Crippen molar-refractivity contribution >= 4 is 71.5 Å². The fourth-order valence-electron chi connectivity index (χ4n) is 9.83. The molecule has 0 radical (unpaired) electrons. The van der Waals surface area contributed by atoms with Gasteiger partial charge in [0.2, 0.25) is 17.6 Å². The molecule has 4 rings (SSSR count). The second-order valence-corrected chi connectivity index (χ2v) is 24.4. The van der Waals surface area contributed by atoms with E-state index in [0.29, 0.717) is 25.9 Å². The lowest BCUT2D eigenvalue weighted by molar-refractivity contribution is -0.146. The number of urea groups is 1. The number of aliphatic hydroxyl groups excluding tert-OH is 2. The zero-order valence-electron chi connectivity index (χ0n) is 49.2. The number of nitrogens with one attached hydrogen (secondary N) is 5. The van der Waals surface area contributed by atoms with Crippen molar-refractivity contribution < 1.29 is 77.1 Å². The van der Waals surface area contributed by atoms with Crippen LogP contribution in [0.25, 0.3) is 0 Å². The summed E-state index contributed by atoms with van der Waals surface area (Å²) < 4.78 is 19.8. The van der Waals surface area contributed by atoms with Crippen LogP contribution in [0.3, 0.4) is 0 Å². The molecular weight excluding hydrogens is 1050 g/mol. The highest BCUT2D eigenvalue weighted by Crippen LogP contribution is 2.65. The predicted molar refractivity (Wildman–Crippen MR) is 295 cm³/mol. The highest BCUT2D eigenvalue weighted by Gasteiger charge is 2.70. The number of ketones is 3. The Kier molecular flexibility index (Phi) is 28.3. The number of Topliss-reactive ketones (excluding diaryl/α,β-unsaturated/α-hetero) is 3. The second-order valence-electron chi connectivity index (χ2n) is 24.4. The lowest BCUT2D eigenvalue weighted by Crippen LogP contribution is -2.62. The number of halogens is 1. The van der Waals surface area contributed by atoms with E-state index in [2.05, 4.69) is 42.6 Å². The molecule has 4 aliphatic rings. The van der Waals surface area contributed by atoms with Crippen LogP contribution >= 0.6 is 12.4 Å². The zero-order valence-corrected chi connectivity index (χ0v) is 50.1. The first kappa shape index (κ1) is 71.8. The second kappa shape index (κ2) is 31.1. The molecule has 2 unspecified atom stereocenters. The van der Waals surface area contributed by atoms with Crippen molar-refractivity contribution in [2.45, 2.75) is 208 Å². The number of alkyl carbamates (subject to hydrolysis) is 1. The first-order valence-electron chi connectivity index (χ1n) is 27.0. The molecular formula is C55H94ClN7O16. The summed E-state index contributed by atoms with van der Waals surface area (Å²) in [6.45, 7) is 27.6. The molecule has 0 spiro atoms. The molecule has 0 aromatic rings. The van der Waals surface area contributed by atoms with E-state index in [0.717, 1.165) is 25.7 Å². The zero-order chi connectivity index (χ0) is 59.8. The van der Waals surface area contributed by atoms with E-state index in [1.807, 2.05) is 48.5 Å². The molecule has 452 valence electrons. The number of esters is 2. The number of amides is 6. The molecule has 2 heterocycles. The van der Waals surface area contributed by atoms with Gasteiger partial charge in [0, 0.05) is 38.6 Å². The van der Waals surface area contributed by atoms with Crippen molar-refractivity contribution in [3.63, 3.8) is 0 Å². The van der Waals surface area contributed by atoms with Crippen LogP contribution in [0, 0.1) is 34.0 Å². The Labute approximate surface area is 472 Å². The summed E-state index contributed by atoms with van der Waals surface area (Å²) in [7, 11) is 2.40. The van der Waals surface area contributed by atoms with Gasteiger partial charge in [-0.05, 0) is 88.9 Å². The summed E-state index contributed by atoms with van der Waals surface area (Å²) in [5.74, 6) is -5.07. The molecule has 0 aromatic heterocycles. The Balaban J connectivity index is 0.000000990. The standard InChI is InChI=1S/C40H63N5O8.C10H19NO5.C5H11NO3.ClH/c1-10-17-41-35(50)33(48)26-16-14-12-11-13-15-18-53-23(2)31(36(51)45-22-25-30(40(25,8)9)32(45)34(49)42-26)44-37(52)43-29(38(3,4)5)19-24-27(46)20-39(6,7)21-28(24)47;1-6(12)7(8(13)15-5)11-9(14)16-10(2,3)4;1-3(7)4(6)5(8)9-2;/h10,23-26,29-32H,1,11-22H2,2-9H3,(H,41,50)(H,42,49)(H2,43,44,52);6-7,12H,1-5H3,(H,11,14);3-4,7H,6H2,1-2H3;1H/t23-,25-,26-,29+,30-,31-,32?;6-,7-;3-,4?;/m000./s1. The number of carbonyl (C=O) groups excluding carboxylic acids is 10. The largest absolute Gasteiger partial charge is 0.468 e. The highest BCUT2D eigenvalue weighted by atomic mass is 35.5. The van der Waals surface area contributed by atoms with Gasteiger partial charge in [0.05, 0.1) is 44.5 Å². The number of hydrogen-bond acceptors (Lipinski definition) is 17. The number of carbonyl (C=O) groups is 10. The van der Waals surface area contributed by atoms with Crippen LogP contribution in [0.4, 0.5) is 9.59 Å². The summed E-state index contributed by atoms with van der Waals surface area (Å²) in [6.07, 6.45) is 2.88. The molecule has 11 atom stereocenters. The van der Waals surface area contributed by atoms with Gasteiger partial charge >= 0.3 is 24.1 Å². The molecule has 24 heteroatoms. The summed E-state index contributed by atoms with van der Waals surface area (Å²) in [5.41, 5.74) is 3.33. The first-order valence-corrected chi connectivity index (χ1v) is 27.0. The fraction of sp³-hybridized carbons (Fsp3) is 0.782. The summed E-state index contributed by atoms with van der Waals surface area (Å²) in [6, 6.07) is -6.41. The molecule has 9 N–H and O–H groups in total. The van der Waals surface area contributed by atoms with Gasteiger partial charge in [0.15, 0.2) is 6.04 Å². The van der Waals surface area contributed by atoms with Crippen molar-refractivity contribution in [3.8, 4) is 0 Å². The summed E-state index contributed by atoms with van der Waals surface area (Å²) in [4.78, 5) is 129. The van der Waals surface area contributed by atoms with E-state index in [-0.39, 0.29) is 67.2 Å². The monoisotopic (exact) mass is 1140 g/mol. The molecule has 0 aromatic carbocycles. The fourth-order valence-corrected chi connectivity index (χ4v) is 9.83. The summed E-state index contributed by atoms with van der Waals surface area (Å²) in [5, 5.41) is 31.4. The van der Waals surface area contributed by atoms with Crippen molar-refractivity contribution in [1.29, 1.82) is 0 Å². The molecule has 2 aliphatic heterocycles. The molecule has 2 saturated carbocycles. The van der Waals surface area contributed by atoms with E-state index in [4.69, 9.17) is 20.3 Å². The first-order chi connectivity index (χ1) is 36.0. The number of nitrogens with zero attached hydrogens (tertiary/aromatic N) is 1. The normalized spacial score (nSPS) is 25.2. The maximum absolute atomic E-state index is 14.6. The number of rotatable bonds is 13. The number of ether oxygens (including phenoxy) is 4. The predicted octanol–water partition coefficient (Wildman–Crippen LogP) is 3.35. The van der Waals surface area contributed by atoms with Gasteiger partial charge in [-0.3, -0.25) is 33.6 Å². The number of methoxy groups -OCH3 is 2. The molecule has 79 heavy (non-hydrogen) atoms. The van der Waals surface area contributed by atoms with Crippen molar-refractivity contribution in [1.82, 2.24) is 31.5 Å². The minimum atomic E-state index is -1.17. The Morgan fingerprint density at radius 1 is 0.873 bits per heavy atom. The molecule has 4 fully saturated rings. The van der Waals surface area contributed by atoms with Gasteiger partial charge in [-0.2, -0.15) is 0 Å². The third kappa shape index (κ3) is 22.0. The number of hydrogen-bond donors (Lipinski definition) is 8. The summed E-state index contributed by atoms with van der Waals surface area (Å²) >= 11 is 0. The lowest BCUT2D eigenvalue weighted by atomic mass is 9.68. The topological polar surface area (TPSA) is 337 Å². The maximum atomic E-state index is 14.6. The van der Waals surface area contributed by atoms with Gasteiger partial charge in [-0.15, -0.1) is 19.0 Å². The van der Waals surface area contributed by atoms with E-state index in [9.17, 15) is 53.1 Å². The van der Waals surface area contributed by atoms with Gasteiger partial charge in [-0.1, -0.05) is 80.2 Å². The average Bonchev–Trinajstić information content (AvgIpc) is 3.60. The quantitative estimate of drug-likeness (QED) is 0.0431. The SMILES string of the molecule is C=CCNC(=O)C(=O)[C@@H]1CCCCCCCO[C@@H](C)[C@H](NC(=O)N[C@H](CC2C(=O)CC(C)(C)CC2=O)C(C)(C)C)C(=O)N2C[C@H]3[C@@H](C2C(=O)N1)C3(C)C.COC(=O)C(N)[C@H](C)O.COC(=O)[C@@H](NC(=O)OC(C)(C)C)[C@H](C)O.Cl. The molecule has 2 saturated heterocycles. The van der Waals surface area contributed by atoms with E-state index < -0.39 is 124 Å². The number of aliphatic hydroxyl groups is 2. The number of nitrogens with two attached hydrogens (primary N) is 1. The van der Waals surface area contributed by atoms with Crippen molar-refractivity contribution in [2.24, 2.45) is 39.7 Å².